The number of benzene rings is 1. The fourth-order valence-corrected chi connectivity index (χ4v) is 1.33. The minimum absolute atomic E-state index is 0.00169. The Kier molecular flexibility index (Phi) is 4.59. The van der Waals surface area contributed by atoms with Crippen molar-refractivity contribution in [1.29, 1.82) is 0 Å². The molecule has 0 radical (unpaired) electrons. The Balaban J connectivity index is 2.57. The van der Waals surface area contributed by atoms with Crippen molar-refractivity contribution in [1.82, 2.24) is 5.32 Å². The Morgan fingerprint density at radius 2 is 2.07 bits per heavy atom. The van der Waals surface area contributed by atoms with Gasteiger partial charge in [-0.15, -0.1) is 0 Å². The zero-order valence-electron chi connectivity index (χ0n) is 8.79. The molecule has 82 valence electrons. The molecule has 1 N–H and O–H groups in total. The van der Waals surface area contributed by atoms with Gasteiger partial charge in [-0.2, -0.15) is 0 Å². The van der Waals surface area contributed by atoms with Crippen LogP contribution < -0.4 is 5.32 Å². The zero-order chi connectivity index (χ0) is 11.3. The summed E-state index contributed by atoms with van der Waals surface area (Å²) in [4.78, 5) is 11.6. The molecule has 0 aliphatic rings. The number of hydrogen-bond acceptors (Lipinski definition) is 2. The molecular formula is C11H14ClNO2. The topological polar surface area (TPSA) is 38.3 Å². The van der Waals surface area contributed by atoms with Crippen LogP contribution in [0.15, 0.2) is 24.3 Å². The summed E-state index contributed by atoms with van der Waals surface area (Å²) in [5.41, 5.74) is 0.599. The number of carbonyl (C=O) groups excluding carboxylic acids is 1. The predicted octanol–water partition coefficient (Wildman–Crippen LogP) is 2.10. The second-order valence-corrected chi connectivity index (χ2v) is 3.77. The lowest BCUT2D eigenvalue weighted by Gasteiger charge is -2.12. The van der Waals surface area contributed by atoms with Crippen molar-refractivity contribution in [2.45, 2.75) is 13.0 Å². The number of nitrogens with one attached hydrogen (secondary N) is 1. The second-order valence-electron chi connectivity index (χ2n) is 3.34. The van der Waals surface area contributed by atoms with Gasteiger partial charge in [-0.1, -0.05) is 11.6 Å². The molecule has 1 aromatic carbocycles. The SMILES string of the molecule is COC[C@@H](C)NC(=O)c1ccc(Cl)cc1. The average molecular weight is 228 g/mol. The summed E-state index contributed by atoms with van der Waals surface area (Å²) in [6, 6.07) is 6.77. The minimum atomic E-state index is -0.115. The highest BCUT2D eigenvalue weighted by atomic mass is 35.5. The average Bonchev–Trinajstić information content (AvgIpc) is 2.18. The molecule has 4 heteroatoms. The summed E-state index contributed by atoms with van der Waals surface area (Å²) in [5.74, 6) is -0.115. The highest BCUT2D eigenvalue weighted by Crippen LogP contribution is 2.09. The van der Waals surface area contributed by atoms with E-state index >= 15 is 0 Å². The van der Waals surface area contributed by atoms with Gasteiger partial charge in [0, 0.05) is 23.7 Å². The van der Waals surface area contributed by atoms with Gasteiger partial charge in [0.25, 0.3) is 5.91 Å². The van der Waals surface area contributed by atoms with Crippen LogP contribution in [0, 0.1) is 0 Å². The molecule has 1 aromatic rings. The maximum atomic E-state index is 11.6. The van der Waals surface area contributed by atoms with Crippen LogP contribution in [0.3, 0.4) is 0 Å². The Bertz CT molecular complexity index is 324. The van der Waals surface area contributed by atoms with E-state index in [0.717, 1.165) is 0 Å². The first-order valence-electron chi connectivity index (χ1n) is 4.69. The summed E-state index contributed by atoms with van der Waals surface area (Å²) >= 11 is 5.72. The summed E-state index contributed by atoms with van der Waals surface area (Å²) in [6.45, 7) is 2.39. The molecule has 0 saturated carbocycles. The van der Waals surface area contributed by atoms with Crippen LogP contribution in [0.1, 0.15) is 17.3 Å². The molecular weight excluding hydrogens is 214 g/mol. The molecule has 0 aliphatic carbocycles. The lowest BCUT2D eigenvalue weighted by molar-refractivity contribution is 0.0905. The third kappa shape index (κ3) is 3.90. The molecule has 0 unspecified atom stereocenters. The summed E-state index contributed by atoms with van der Waals surface area (Å²) in [7, 11) is 1.60. The van der Waals surface area contributed by atoms with E-state index in [1.54, 1.807) is 31.4 Å². The van der Waals surface area contributed by atoms with Gasteiger partial charge >= 0.3 is 0 Å². The van der Waals surface area contributed by atoms with E-state index in [4.69, 9.17) is 16.3 Å². The lowest BCUT2D eigenvalue weighted by atomic mass is 10.2. The molecule has 15 heavy (non-hydrogen) atoms. The molecule has 0 saturated heterocycles. The maximum absolute atomic E-state index is 11.6. The van der Waals surface area contributed by atoms with Crippen LogP contribution in [0.4, 0.5) is 0 Å². The number of carbonyl (C=O) groups is 1. The monoisotopic (exact) mass is 227 g/mol. The first-order chi connectivity index (χ1) is 7.13. The molecule has 3 nitrogen and oxygen atoms in total. The number of rotatable bonds is 4. The van der Waals surface area contributed by atoms with Crippen LogP contribution in [-0.2, 0) is 4.74 Å². The Hall–Kier alpha value is -1.06. The molecule has 0 aliphatic heterocycles. The first-order valence-corrected chi connectivity index (χ1v) is 5.06. The molecule has 0 heterocycles. The van der Waals surface area contributed by atoms with Crippen molar-refractivity contribution in [3.8, 4) is 0 Å². The van der Waals surface area contributed by atoms with Crippen molar-refractivity contribution < 1.29 is 9.53 Å². The molecule has 1 atom stereocenters. The number of hydrogen-bond donors (Lipinski definition) is 1. The Morgan fingerprint density at radius 1 is 1.47 bits per heavy atom. The van der Waals surface area contributed by atoms with Gasteiger partial charge in [-0.25, -0.2) is 0 Å². The molecule has 0 bridgehead atoms. The van der Waals surface area contributed by atoms with Crippen LogP contribution in [0.25, 0.3) is 0 Å². The van der Waals surface area contributed by atoms with Gasteiger partial charge in [0.2, 0.25) is 0 Å². The van der Waals surface area contributed by atoms with Crippen LogP contribution in [0.2, 0.25) is 5.02 Å². The molecule has 1 amide bonds. The maximum Gasteiger partial charge on any atom is 0.251 e. The van der Waals surface area contributed by atoms with E-state index in [1.807, 2.05) is 6.92 Å². The van der Waals surface area contributed by atoms with E-state index in [1.165, 1.54) is 0 Å². The summed E-state index contributed by atoms with van der Waals surface area (Å²) < 4.78 is 4.92. The van der Waals surface area contributed by atoms with Crippen molar-refractivity contribution in [2.24, 2.45) is 0 Å². The van der Waals surface area contributed by atoms with Gasteiger partial charge in [0.05, 0.1) is 6.61 Å². The molecule has 0 aromatic heterocycles. The molecule has 0 fully saturated rings. The van der Waals surface area contributed by atoms with E-state index in [2.05, 4.69) is 5.32 Å². The molecule has 1 rings (SSSR count). The van der Waals surface area contributed by atoms with Crippen LogP contribution in [-0.4, -0.2) is 25.7 Å². The van der Waals surface area contributed by atoms with Gasteiger partial charge < -0.3 is 10.1 Å². The van der Waals surface area contributed by atoms with Gasteiger partial charge in [0.1, 0.15) is 0 Å². The largest absolute Gasteiger partial charge is 0.383 e. The fraction of sp³-hybridized carbons (Fsp3) is 0.364. The van der Waals surface area contributed by atoms with Crippen molar-refractivity contribution in [3.05, 3.63) is 34.9 Å². The third-order valence-corrected chi connectivity index (χ3v) is 2.15. The second kappa shape index (κ2) is 5.73. The van der Waals surface area contributed by atoms with E-state index in [9.17, 15) is 4.79 Å². The third-order valence-electron chi connectivity index (χ3n) is 1.90. The zero-order valence-corrected chi connectivity index (χ0v) is 9.54. The number of ether oxygens (including phenoxy) is 1. The van der Waals surface area contributed by atoms with E-state index in [0.29, 0.717) is 17.2 Å². The molecule has 0 spiro atoms. The minimum Gasteiger partial charge on any atom is -0.383 e. The van der Waals surface area contributed by atoms with E-state index in [-0.39, 0.29) is 11.9 Å². The number of amides is 1. The smallest absolute Gasteiger partial charge is 0.251 e. The predicted molar refractivity (Wildman–Crippen MR) is 60.3 cm³/mol. The van der Waals surface area contributed by atoms with Crippen molar-refractivity contribution in [2.75, 3.05) is 13.7 Å². The van der Waals surface area contributed by atoms with Gasteiger partial charge in [0.15, 0.2) is 0 Å². The first kappa shape index (κ1) is 12.0. The summed E-state index contributed by atoms with van der Waals surface area (Å²) in [5, 5.41) is 3.43. The lowest BCUT2D eigenvalue weighted by Crippen LogP contribution is -2.35. The summed E-state index contributed by atoms with van der Waals surface area (Å²) in [6.07, 6.45) is 0. The van der Waals surface area contributed by atoms with Crippen LogP contribution in [0.5, 0.6) is 0 Å². The van der Waals surface area contributed by atoms with Gasteiger partial charge in [-0.3, -0.25) is 4.79 Å². The van der Waals surface area contributed by atoms with Crippen molar-refractivity contribution >= 4 is 17.5 Å². The number of halogens is 1. The number of methoxy groups -OCH3 is 1. The Morgan fingerprint density at radius 3 is 2.60 bits per heavy atom. The van der Waals surface area contributed by atoms with Crippen LogP contribution >= 0.6 is 11.6 Å². The highest BCUT2D eigenvalue weighted by Gasteiger charge is 2.08. The quantitative estimate of drug-likeness (QED) is 0.856. The highest BCUT2D eigenvalue weighted by molar-refractivity contribution is 6.30. The van der Waals surface area contributed by atoms with E-state index < -0.39 is 0 Å². The van der Waals surface area contributed by atoms with Gasteiger partial charge in [-0.05, 0) is 31.2 Å². The fourth-order valence-electron chi connectivity index (χ4n) is 1.20. The normalized spacial score (nSPS) is 12.2. The Labute approximate surface area is 94.4 Å². The van der Waals surface area contributed by atoms with Crippen molar-refractivity contribution in [3.63, 3.8) is 0 Å². The standard InChI is InChI=1S/C11H14ClNO2/c1-8(7-15-2)13-11(14)9-3-5-10(12)6-4-9/h3-6,8H,7H2,1-2H3,(H,13,14)/t8-/m1/s1.